The van der Waals surface area contributed by atoms with E-state index in [0.29, 0.717) is 19.3 Å². The molecule has 6 atom stereocenters. The molecule has 0 radical (unpaired) electrons. The van der Waals surface area contributed by atoms with Gasteiger partial charge >= 0.3 is 35.8 Å². The summed E-state index contributed by atoms with van der Waals surface area (Å²) in [6, 6.07) is 0. The fourth-order valence-corrected chi connectivity index (χ4v) is 5.82. The first-order valence-corrected chi connectivity index (χ1v) is 18.1. The molecule has 1 aliphatic heterocycles. The molecule has 0 saturated carbocycles. The molecule has 288 valence electrons. The lowest BCUT2D eigenvalue weighted by molar-refractivity contribution is -0.318. The van der Waals surface area contributed by atoms with Gasteiger partial charge in [0.25, 0.3) is 0 Å². The highest BCUT2D eigenvalue weighted by Crippen LogP contribution is 2.32. The monoisotopic (exact) mass is 716 g/mol. The zero-order valence-electron chi connectivity index (χ0n) is 30.7. The minimum Gasteiger partial charge on any atom is -0.481 e. The van der Waals surface area contributed by atoms with Crippen LogP contribution in [-0.4, -0.2) is 91.4 Å². The first-order chi connectivity index (χ1) is 23.9. The molecule has 1 fully saturated rings. The summed E-state index contributed by atoms with van der Waals surface area (Å²) in [7, 11) is 1.12. The van der Waals surface area contributed by atoms with Crippen molar-refractivity contribution >= 4 is 35.8 Å². The van der Waals surface area contributed by atoms with Gasteiger partial charge < -0.3 is 38.3 Å². The maximum Gasteiger partial charge on any atom is 0.317 e. The van der Waals surface area contributed by atoms with E-state index in [1.807, 2.05) is 0 Å². The van der Waals surface area contributed by atoms with Gasteiger partial charge in [-0.25, -0.2) is 0 Å². The molecule has 1 rings (SSSR count). The van der Waals surface area contributed by atoms with Gasteiger partial charge in [0.1, 0.15) is 19.1 Å². The van der Waals surface area contributed by atoms with Crippen molar-refractivity contribution in [3.05, 3.63) is 0 Å². The van der Waals surface area contributed by atoms with E-state index in [2.05, 4.69) is 11.7 Å². The third-order valence-electron chi connectivity index (χ3n) is 8.30. The van der Waals surface area contributed by atoms with Crippen molar-refractivity contribution in [2.75, 3.05) is 13.7 Å². The molecule has 1 heterocycles. The number of carboxylic acid groups (broad SMARTS) is 1. The minimum absolute atomic E-state index is 0.182. The van der Waals surface area contributed by atoms with Crippen LogP contribution in [0.2, 0.25) is 0 Å². The fourth-order valence-electron chi connectivity index (χ4n) is 5.82. The summed E-state index contributed by atoms with van der Waals surface area (Å²) < 4.78 is 39.2. The molecule has 0 aromatic carbocycles. The first-order valence-electron chi connectivity index (χ1n) is 18.1. The van der Waals surface area contributed by atoms with Crippen LogP contribution < -0.4 is 0 Å². The molecule has 14 nitrogen and oxygen atoms in total. The predicted octanol–water partition coefficient (Wildman–Crippen LogP) is 5.73. The molecule has 0 aromatic heterocycles. The lowest BCUT2D eigenvalue weighted by atomic mass is 9.97. The molecular weight excluding hydrogens is 656 g/mol. The Kier molecular flexibility index (Phi) is 23.8. The number of rotatable bonds is 27. The molecule has 14 heteroatoms. The predicted molar refractivity (Wildman–Crippen MR) is 180 cm³/mol. The van der Waals surface area contributed by atoms with Crippen molar-refractivity contribution in [1.82, 2.24) is 0 Å². The van der Waals surface area contributed by atoms with E-state index in [4.69, 9.17) is 33.5 Å². The molecule has 0 bridgehead atoms. The zero-order valence-corrected chi connectivity index (χ0v) is 30.7. The lowest BCUT2D eigenvalue weighted by Crippen LogP contribution is -2.63. The van der Waals surface area contributed by atoms with Gasteiger partial charge in [-0.2, -0.15) is 0 Å². The van der Waals surface area contributed by atoms with Gasteiger partial charge in [-0.05, 0) is 19.3 Å². The zero-order chi connectivity index (χ0) is 37.3. The van der Waals surface area contributed by atoms with Gasteiger partial charge in [0.05, 0.1) is 13.2 Å². The third kappa shape index (κ3) is 20.4. The van der Waals surface area contributed by atoms with Crippen molar-refractivity contribution in [3.63, 3.8) is 0 Å². The summed E-state index contributed by atoms with van der Waals surface area (Å²) in [5.74, 6) is -4.77. The van der Waals surface area contributed by atoms with Crippen molar-refractivity contribution in [3.8, 4) is 0 Å². The quantitative estimate of drug-likeness (QED) is 0.0469. The summed E-state index contributed by atoms with van der Waals surface area (Å²) in [5.41, 5.74) is 0. The van der Waals surface area contributed by atoms with Crippen molar-refractivity contribution in [2.45, 2.75) is 180 Å². The Morgan fingerprint density at radius 2 is 1.16 bits per heavy atom. The van der Waals surface area contributed by atoms with Crippen LogP contribution in [-0.2, 0) is 61.9 Å². The summed E-state index contributed by atoms with van der Waals surface area (Å²) in [5, 5.41) is 8.82. The number of carbonyl (C=O) groups is 6. The van der Waals surface area contributed by atoms with Gasteiger partial charge in [-0.1, -0.05) is 90.4 Å². The van der Waals surface area contributed by atoms with E-state index in [9.17, 15) is 28.8 Å². The Hall–Kier alpha value is -3.26. The molecule has 1 unspecified atom stereocenters. The molecule has 1 saturated heterocycles. The van der Waals surface area contributed by atoms with E-state index in [1.165, 1.54) is 19.8 Å². The minimum atomic E-state index is -1.45. The normalized spacial score (nSPS) is 20.7. The number of ether oxygens (including phenoxy) is 7. The molecular formula is C36H60O14. The van der Waals surface area contributed by atoms with E-state index in [1.54, 1.807) is 0 Å². The van der Waals surface area contributed by atoms with Gasteiger partial charge in [-0.3, -0.25) is 28.8 Å². The van der Waals surface area contributed by atoms with E-state index in [0.717, 1.165) is 91.6 Å². The standard InChI is InChI=1S/C36H60O14/c1-6-7-8-9-11-14-17-20-28(21-18-15-12-10-13-16-19-22-30(40)41)48-36-35(50-32(43)23-31(42)44-5)34(47-27(4)39)33(46-26(3)38)29(49-36)24-45-25(2)37/h28-29,33-36H,6-24H2,1-5H3,(H,40,41)/t28?,29-,33-,34+,35+,36-/m0/s1. The number of aliphatic carboxylic acids is 1. The number of hydrogen-bond donors (Lipinski definition) is 1. The highest BCUT2D eigenvalue weighted by Gasteiger charge is 2.53. The second kappa shape index (κ2) is 26.5. The van der Waals surface area contributed by atoms with E-state index >= 15 is 0 Å². The van der Waals surface area contributed by atoms with Crippen LogP contribution in [0.25, 0.3) is 0 Å². The number of unbranched alkanes of at least 4 members (excludes halogenated alkanes) is 12. The second-order valence-corrected chi connectivity index (χ2v) is 12.8. The van der Waals surface area contributed by atoms with Gasteiger partial charge in [0.15, 0.2) is 24.6 Å². The number of esters is 5. The van der Waals surface area contributed by atoms with Crippen LogP contribution in [0.3, 0.4) is 0 Å². The van der Waals surface area contributed by atoms with Crippen molar-refractivity contribution < 1.29 is 67.0 Å². The fraction of sp³-hybridized carbons (Fsp3) is 0.833. The number of methoxy groups -OCH3 is 1. The van der Waals surface area contributed by atoms with Crippen molar-refractivity contribution in [2.24, 2.45) is 0 Å². The molecule has 50 heavy (non-hydrogen) atoms. The number of carboxylic acids is 1. The Morgan fingerprint density at radius 1 is 0.640 bits per heavy atom. The SMILES string of the molecule is CCCCCCCCCC(CCCCCCCCCC(=O)O)O[C@H]1O[C@@H](COC(C)=O)[C@H](OC(C)=O)[C@@H](OC(C)=O)[C@H]1OC(=O)CC(=O)OC. The average Bonchev–Trinajstić information content (AvgIpc) is 3.04. The summed E-state index contributed by atoms with van der Waals surface area (Å²) in [6.07, 6.45) is 7.62. The van der Waals surface area contributed by atoms with E-state index in [-0.39, 0.29) is 19.1 Å². The summed E-state index contributed by atoms with van der Waals surface area (Å²) in [6.45, 7) is 5.28. The smallest absolute Gasteiger partial charge is 0.317 e. The molecule has 1 N–H and O–H groups in total. The third-order valence-corrected chi connectivity index (χ3v) is 8.30. The lowest BCUT2D eigenvalue weighted by Gasteiger charge is -2.45. The average molecular weight is 717 g/mol. The Balaban J connectivity index is 3.23. The molecule has 0 aromatic rings. The van der Waals surface area contributed by atoms with Crippen LogP contribution in [0, 0.1) is 0 Å². The Bertz CT molecular complexity index is 1030. The number of hydrogen-bond acceptors (Lipinski definition) is 13. The Labute approximate surface area is 296 Å². The van der Waals surface area contributed by atoms with Gasteiger partial charge in [0, 0.05) is 27.2 Å². The Morgan fingerprint density at radius 3 is 1.66 bits per heavy atom. The maximum atomic E-state index is 12.9. The first kappa shape index (κ1) is 44.8. The van der Waals surface area contributed by atoms with Crippen LogP contribution in [0.15, 0.2) is 0 Å². The molecule has 1 aliphatic rings. The van der Waals surface area contributed by atoms with Crippen LogP contribution >= 0.6 is 0 Å². The molecule has 0 spiro atoms. The maximum absolute atomic E-state index is 12.9. The highest BCUT2D eigenvalue weighted by atomic mass is 16.7. The summed E-state index contributed by atoms with van der Waals surface area (Å²) in [4.78, 5) is 71.7. The number of carbonyl (C=O) groups excluding carboxylic acids is 5. The van der Waals surface area contributed by atoms with Crippen LogP contribution in [0.4, 0.5) is 0 Å². The van der Waals surface area contributed by atoms with Gasteiger partial charge in [0.2, 0.25) is 0 Å². The van der Waals surface area contributed by atoms with Crippen LogP contribution in [0.1, 0.15) is 143 Å². The highest BCUT2D eigenvalue weighted by molar-refractivity contribution is 5.91. The largest absolute Gasteiger partial charge is 0.481 e. The van der Waals surface area contributed by atoms with E-state index < -0.39 is 72.9 Å². The van der Waals surface area contributed by atoms with Crippen molar-refractivity contribution in [1.29, 1.82) is 0 Å². The van der Waals surface area contributed by atoms with Gasteiger partial charge in [-0.15, -0.1) is 0 Å². The second-order valence-electron chi connectivity index (χ2n) is 12.8. The molecule has 0 aliphatic carbocycles. The molecule has 0 amide bonds. The summed E-state index contributed by atoms with van der Waals surface area (Å²) >= 11 is 0. The topological polar surface area (TPSA) is 187 Å². The van der Waals surface area contributed by atoms with Crippen LogP contribution in [0.5, 0.6) is 0 Å².